The number of azide groups is 1. The third kappa shape index (κ3) is 8.34. The highest BCUT2D eigenvalue weighted by Gasteiger charge is 2.52. The van der Waals surface area contributed by atoms with E-state index in [9.17, 15) is 19.2 Å². The van der Waals surface area contributed by atoms with E-state index < -0.39 is 54.6 Å². The molecule has 0 N–H and O–H groups in total. The largest absolute Gasteiger partial charge is 0.463 e. The lowest BCUT2D eigenvalue weighted by molar-refractivity contribution is -0.307. The summed E-state index contributed by atoms with van der Waals surface area (Å²) in [4.78, 5) is 48.5. The van der Waals surface area contributed by atoms with Crippen LogP contribution >= 0.6 is 0 Å². The van der Waals surface area contributed by atoms with Crippen molar-refractivity contribution in [2.45, 2.75) is 58.4 Å². The van der Waals surface area contributed by atoms with E-state index in [1.54, 1.807) is 0 Å². The predicted molar refractivity (Wildman–Crippen MR) is 91.9 cm³/mol. The van der Waals surface area contributed by atoms with Crippen LogP contribution < -0.4 is 0 Å². The third-order valence-electron chi connectivity index (χ3n) is 3.48. The molecule has 0 radical (unpaired) electrons. The molecule has 0 amide bonds. The second-order valence-electron chi connectivity index (χ2n) is 5.89. The van der Waals surface area contributed by atoms with Crippen molar-refractivity contribution in [2.75, 3.05) is 19.8 Å². The summed E-state index contributed by atoms with van der Waals surface area (Å²) in [6.45, 7) is 4.01. The molecule has 1 rings (SSSR count). The molecule has 0 spiro atoms. The van der Waals surface area contributed by atoms with Gasteiger partial charge in [0.05, 0.1) is 6.61 Å². The third-order valence-corrected chi connectivity index (χ3v) is 3.48. The highest BCUT2D eigenvalue weighted by molar-refractivity contribution is 5.68. The molecule has 0 saturated carbocycles. The Morgan fingerprint density at radius 3 is 1.97 bits per heavy atom. The summed E-state index contributed by atoms with van der Waals surface area (Å²) in [6, 6.07) is 0. The van der Waals surface area contributed by atoms with Crippen molar-refractivity contribution in [3.8, 4) is 0 Å². The van der Waals surface area contributed by atoms with Gasteiger partial charge in [-0.15, -0.1) is 0 Å². The summed E-state index contributed by atoms with van der Waals surface area (Å²) in [7, 11) is 0. The number of carbonyl (C=O) groups is 4. The van der Waals surface area contributed by atoms with E-state index in [2.05, 4.69) is 10.0 Å². The number of nitrogens with zero attached hydrogens (tertiary/aromatic N) is 3. The van der Waals surface area contributed by atoms with Crippen LogP contribution in [0.1, 0.15) is 27.7 Å². The second kappa shape index (κ2) is 11.8. The Morgan fingerprint density at radius 1 is 0.897 bits per heavy atom. The molecule has 1 heterocycles. The maximum atomic E-state index is 11.6. The van der Waals surface area contributed by atoms with Crippen molar-refractivity contribution in [3.63, 3.8) is 0 Å². The van der Waals surface area contributed by atoms with Gasteiger partial charge in [-0.25, -0.2) is 0 Å². The van der Waals surface area contributed by atoms with Gasteiger partial charge < -0.3 is 28.4 Å². The van der Waals surface area contributed by atoms with Gasteiger partial charge in [0.15, 0.2) is 24.6 Å². The molecule has 0 aromatic heterocycles. The lowest BCUT2D eigenvalue weighted by atomic mass is 9.98. The number of hydrogen-bond acceptors (Lipinski definition) is 11. The molecule has 1 aliphatic rings. The first kappa shape index (κ1) is 24.1. The summed E-state index contributed by atoms with van der Waals surface area (Å²) < 4.78 is 31.7. The van der Waals surface area contributed by atoms with Gasteiger partial charge in [0.1, 0.15) is 12.7 Å². The number of esters is 4. The maximum absolute atomic E-state index is 11.6. The van der Waals surface area contributed by atoms with Crippen LogP contribution in [0.3, 0.4) is 0 Å². The van der Waals surface area contributed by atoms with E-state index in [0.717, 1.165) is 20.8 Å². The van der Waals surface area contributed by atoms with Gasteiger partial charge in [-0.2, -0.15) is 0 Å². The lowest BCUT2D eigenvalue weighted by Crippen LogP contribution is -2.63. The zero-order valence-corrected chi connectivity index (χ0v) is 16.4. The number of ether oxygens (including phenoxy) is 6. The molecule has 13 heteroatoms. The minimum Gasteiger partial charge on any atom is -0.463 e. The van der Waals surface area contributed by atoms with E-state index in [-0.39, 0.29) is 19.8 Å². The molecule has 13 nitrogen and oxygen atoms in total. The molecule has 1 fully saturated rings. The molecule has 0 aliphatic carbocycles. The van der Waals surface area contributed by atoms with Crippen LogP contribution in [0.25, 0.3) is 10.4 Å². The molecule has 1 saturated heterocycles. The highest BCUT2D eigenvalue weighted by atomic mass is 16.7. The van der Waals surface area contributed by atoms with Crippen LogP contribution in [-0.4, -0.2) is 74.3 Å². The van der Waals surface area contributed by atoms with Crippen molar-refractivity contribution >= 4 is 23.9 Å². The summed E-state index contributed by atoms with van der Waals surface area (Å²) in [6.07, 6.45) is -6.25. The van der Waals surface area contributed by atoms with Gasteiger partial charge in [0, 0.05) is 39.2 Å². The SMILES string of the molecule is CC(=O)OCC1OC(OCCN=[N+]=[N-])[C@H](OC(C)=O)C(OC(C)=O)[C@@H]1OC(C)=O. The monoisotopic (exact) mass is 417 g/mol. The van der Waals surface area contributed by atoms with Crippen LogP contribution in [0.5, 0.6) is 0 Å². The fourth-order valence-electron chi connectivity index (χ4n) is 2.58. The van der Waals surface area contributed by atoms with Gasteiger partial charge >= 0.3 is 23.9 Å². The predicted octanol–water partition coefficient (Wildman–Crippen LogP) is 0.396. The van der Waals surface area contributed by atoms with Crippen molar-refractivity contribution in [3.05, 3.63) is 10.4 Å². The van der Waals surface area contributed by atoms with Crippen molar-refractivity contribution in [1.29, 1.82) is 0 Å². The minimum atomic E-state index is -1.31. The van der Waals surface area contributed by atoms with Gasteiger partial charge in [-0.3, -0.25) is 19.2 Å². The molecule has 1 aliphatic heterocycles. The minimum absolute atomic E-state index is 0.0522. The lowest BCUT2D eigenvalue weighted by Gasteiger charge is -2.44. The van der Waals surface area contributed by atoms with E-state index in [1.165, 1.54) is 6.92 Å². The van der Waals surface area contributed by atoms with Crippen LogP contribution in [0.15, 0.2) is 5.11 Å². The smallest absolute Gasteiger partial charge is 0.303 e. The Hall–Kier alpha value is -2.89. The van der Waals surface area contributed by atoms with Crippen molar-refractivity contribution < 1.29 is 47.6 Å². The summed E-state index contributed by atoms with van der Waals surface area (Å²) in [5.74, 6) is -2.83. The zero-order valence-electron chi connectivity index (χ0n) is 16.4. The Labute approximate surface area is 166 Å². The van der Waals surface area contributed by atoms with E-state index >= 15 is 0 Å². The quantitative estimate of drug-likeness (QED) is 0.128. The molecular formula is C16H23N3O10. The number of hydrogen-bond donors (Lipinski definition) is 0. The normalized spacial score (nSPS) is 25.9. The van der Waals surface area contributed by atoms with E-state index in [4.69, 9.17) is 34.0 Å². The summed E-state index contributed by atoms with van der Waals surface area (Å²) >= 11 is 0. The van der Waals surface area contributed by atoms with Crippen molar-refractivity contribution in [1.82, 2.24) is 0 Å². The average molecular weight is 417 g/mol. The number of carbonyl (C=O) groups excluding carboxylic acids is 4. The maximum Gasteiger partial charge on any atom is 0.303 e. The molecule has 3 unspecified atom stereocenters. The topological polar surface area (TPSA) is 172 Å². The number of rotatable bonds is 9. The molecule has 0 bridgehead atoms. The Balaban J connectivity index is 3.22. The first-order valence-electron chi connectivity index (χ1n) is 8.58. The molecule has 0 aromatic carbocycles. The first-order valence-corrected chi connectivity index (χ1v) is 8.58. The second-order valence-corrected chi connectivity index (χ2v) is 5.89. The fourth-order valence-corrected chi connectivity index (χ4v) is 2.58. The Bertz CT molecular complexity index is 663. The Kier molecular flexibility index (Phi) is 9.86. The standard InChI is InChI=1S/C16H23N3O10/c1-8(20)25-7-12-13(26-9(2)21)14(27-10(3)22)15(28-11(4)23)16(29-12)24-6-5-18-19-17/h12-16H,5-7H2,1-4H3/t12?,13-,14?,15-,16?/m1/s1. The molecule has 5 atom stereocenters. The summed E-state index contributed by atoms with van der Waals surface area (Å²) in [5, 5.41) is 3.31. The first-order chi connectivity index (χ1) is 13.6. The van der Waals surface area contributed by atoms with E-state index in [0.29, 0.717) is 0 Å². The molecular weight excluding hydrogens is 394 g/mol. The van der Waals surface area contributed by atoms with Crippen LogP contribution in [-0.2, 0) is 47.6 Å². The molecule has 29 heavy (non-hydrogen) atoms. The van der Waals surface area contributed by atoms with E-state index in [1.807, 2.05) is 0 Å². The molecule has 162 valence electrons. The van der Waals surface area contributed by atoms with Crippen LogP contribution in [0.2, 0.25) is 0 Å². The zero-order chi connectivity index (χ0) is 22.0. The molecule has 0 aromatic rings. The van der Waals surface area contributed by atoms with Gasteiger partial charge in [0.25, 0.3) is 0 Å². The van der Waals surface area contributed by atoms with Crippen LogP contribution in [0.4, 0.5) is 0 Å². The summed E-state index contributed by atoms with van der Waals surface area (Å²) in [5.41, 5.74) is 8.35. The van der Waals surface area contributed by atoms with Gasteiger partial charge in [0.2, 0.25) is 0 Å². The van der Waals surface area contributed by atoms with Gasteiger partial charge in [-0.1, -0.05) is 5.11 Å². The van der Waals surface area contributed by atoms with Gasteiger partial charge in [-0.05, 0) is 5.53 Å². The average Bonchev–Trinajstić information content (AvgIpc) is 2.60. The fraction of sp³-hybridized carbons (Fsp3) is 0.750. The van der Waals surface area contributed by atoms with Crippen LogP contribution in [0, 0.1) is 0 Å². The Morgan fingerprint density at radius 2 is 1.45 bits per heavy atom. The van der Waals surface area contributed by atoms with Crippen molar-refractivity contribution in [2.24, 2.45) is 5.11 Å². The highest BCUT2D eigenvalue weighted by Crippen LogP contribution is 2.29.